The number of fused-ring (bicyclic) bond motifs is 1. The SMILES string of the molecule is O=C(NC1(CCl)CCCC1)c1ccc2c(c1)CCO2. The van der Waals surface area contributed by atoms with Gasteiger partial charge in [0.1, 0.15) is 5.75 Å². The van der Waals surface area contributed by atoms with Crippen LogP contribution in [0.1, 0.15) is 41.6 Å². The van der Waals surface area contributed by atoms with Gasteiger partial charge in [-0.3, -0.25) is 4.79 Å². The van der Waals surface area contributed by atoms with E-state index in [4.69, 9.17) is 16.3 Å². The van der Waals surface area contributed by atoms with Crippen LogP contribution in [0.5, 0.6) is 5.75 Å². The predicted molar refractivity (Wildman–Crippen MR) is 75.0 cm³/mol. The standard InChI is InChI=1S/C15H18ClNO2/c16-10-15(6-1-2-7-15)17-14(18)12-3-4-13-11(9-12)5-8-19-13/h3-4,9H,1-2,5-8,10H2,(H,17,18). The first-order valence-corrected chi connectivity index (χ1v) is 7.40. The molecule has 0 atom stereocenters. The summed E-state index contributed by atoms with van der Waals surface area (Å²) in [4.78, 5) is 12.4. The maximum atomic E-state index is 12.4. The van der Waals surface area contributed by atoms with Crippen molar-refractivity contribution in [3.63, 3.8) is 0 Å². The highest BCUT2D eigenvalue weighted by molar-refractivity contribution is 6.19. The van der Waals surface area contributed by atoms with Gasteiger partial charge in [0.05, 0.1) is 12.1 Å². The molecule has 0 spiro atoms. The number of carbonyl (C=O) groups is 1. The molecule has 1 fully saturated rings. The Balaban J connectivity index is 1.77. The Morgan fingerprint density at radius 2 is 2.16 bits per heavy atom. The summed E-state index contributed by atoms with van der Waals surface area (Å²) in [5, 5.41) is 3.14. The van der Waals surface area contributed by atoms with Gasteiger partial charge >= 0.3 is 0 Å². The third-order valence-corrected chi connectivity index (χ3v) is 4.66. The van der Waals surface area contributed by atoms with Gasteiger partial charge in [0.2, 0.25) is 0 Å². The van der Waals surface area contributed by atoms with Gasteiger partial charge in [-0.15, -0.1) is 11.6 Å². The number of benzene rings is 1. The van der Waals surface area contributed by atoms with E-state index < -0.39 is 0 Å². The minimum Gasteiger partial charge on any atom is -0.493 e. The first kappa shape index (κ1) is 12.8. The predicted octanol–water partition coefficient (Wildman–Crippen LogP) is 2.90. The van der Waals surface area contributed by atoms with E-state index in [1.807, 2.05) is 18.2 Å². The maximum absolute atomic E-state index is 12.4. The summed E-state index contributed by atoms with van der Waals surface area (Å²) >= 11 is 6.06. The molecular formula is C15H18ClNO2. The molecule has 0 saturated heterocycles. The second-order valence-corrected chi connectivity index (χ2v) is 5.76. The van der Waals surface area contributed by atoms with E-state index in [-0.39, 0.29) is 11.4 Å². The van der Waals surface area contributed by atoms with Crippen molar-refractivity contribution in [3.05, 3.63) is 29.3 Å². The van der Waals surface area contributed by atoms with Crippen LogP contribution < -0.4 is 10.1 Å². The van der Waals surface area contributed by atoms with Gasteiger partial charge < -0.3 is 10.1 Å². The lowest BCUT2D eigenvalue weighted by atomic mass is 9.99. The number of hydrogen-bond donors (Lipinski definition) is 1. The van der Waals surface area contributed by atoms with E-state index in [1.165, 1.54) is 0 Å². The zero-order chi connectivity index (χ0) is 13.3. The van der Waals surface area contributed by atoms with Crippen molar-refractivity contribution >= 4 is 17.5 Å². The molecular weight excluding hydrogens is 262 g/mol. The second-order valence-electron chi connectivity index (χ2n) is 5.50. The Bertz CT molecular complexity index is 495. The van der Waals surface area contributed by atoms with Crippen LogP contribution in [0, 0.1) is 0 Å². The summed E-state index contributed by atoms with van der Waals surface area (Å²) in [6.45, 7) is 0.714. The summed E-state index contributed by atoms with van der Waals surface area (Å²) in [5.74, 6) is 1.38. The molecule has 3 rings (SSSR count). The van der Waals surface area contributed by atoms with Gasteiger partial charge in [0.25, 0.3) is 5.91 Å². The van der Waals surface area contributed by atoms with Crippen LogP contribution in [0.2, 0.25) is 0 Å². The first-order chi connectivity index (χ1) is 9.22. The molecule has 102 valence electrons. The van der Waals surface area contributed by atoms with Crippen molar-refractivity contribution < 1.29 is 9.53 Å². The summed E-state index contributed by atoms with van der Waals surface area (Å²) in [7, 11) is 0. The van der Waals surface area contributed by atoms with E-state index in [0.29, 0.717) is 18.1 Å². The summed E-state index contributed by atoms with van der Waals surface area (Å²) < 4.78 is 5.45. The molecule has 1 aromatic rings. The van der Waals surface area contributed by atoms with E-state index >= 15 is 0 Å². The van der Waals surface area contributed by atoms with Crippen LogP contribution in [-0.4, -0.2) is 23.9 Å². The summed E-state index contributed by atoms with van der Waals surface area (Å²) in [5.41, 5.74) is 1.63. The minimum atomic E-state index is -0.200. The van der Waals surface area contributed by atoms with Crippen LogP contribution in [0.25, 0.3) is 0 Å². The van der Waals surface area contributed by atoms with E-state index in [1.54, 1.807) is 0 Å². The van der Waals surface area contributed by atoms with E-state index in [2.05, 4.69) is 5.32 Å². The monoisotopic (exact) mass is 279 g/mol. The molecule has 19 heavy (non-hydrogen) atoms. The topological polar surface area (TPSA) is 38.3 Å². The van der Waals surface area contributed by atoms with Gasteiger partial charge in [-0.2, -0.15) is 0 Å². The molecule has 1 amide bonds. The van der Waals surface area contributed by atoms with Crippen molar-refractivity contribution in [2.45, 2.75) is 37.6 Å². The number of alkyl halides is 1. The van der Waals surface area contributed by atoms with Gasteiger partial charge in [-0.25, -0.2) is 0 Å². The zero-order valence-corrected chi connectivity index (χ0v) is 11.6. The lowest BCUT2D eigenvalue weighted by Crippen LogP contribution is -2.47. The normalized spacial score (nSPS) is 19.8. The average molecular weight is 280 g/mol. The maximum Gasteiger partial charge on any atom is 0.251 e. The molecule has 1 heterocycles. The first-order valence-electron chi connectivity index (χ1n) is 6.87. The fourth-order valence-electron chi connectivity index (χ4n) is 2.98. The molecule has 0 radical (unpaired) electrons. The number of hydrogen-bond acceptors (Lipinski definition) is 2. The van der Waals surface area contributed by atoms with Crippen LogP contribution in [-0.2, 0) is 6.42 Å². The number of amides is 1. The Morgan fingerprint density at radius 1 is 1.37 bits per heavy atom. The molecule has 0 bridgehead atoms. The Morgan fingerprint density at radius 3 is 2.89 bits per heavy atom. The number of ether oxygens (including phenoxy) is 1. The number of rotatable bonds is 3. The molecule has 1 N–H and O–H groups in total. The number of nitrogens with one attached hydrogen (secondary N) is 1. The van der Waals surface area contributed by atoms with Gasteiger partial charge in [-0.1, -0.05) is 12.8 Å². The van der Waals surface area contributed by atoms with Crippen LogP contribution in [0.15, 0.2) is 18.2 Å². The molecule has 1 aliphatic heterocycles. The number of carbonyl (C=O) groups excluding carboxylic acids is 1. The van der Waals surface area contributed by atoms with Crippen LogP contribution in [0.4, 0.5) is 0 Å². The van der Waals surface area contributed by atoms with Crippen molar-refractivity contribution in [2.24, 2.45) is 0 Å². The molecule has 1 aliphatic carbocycles. The molecule has 1 aromatic carbocycles. The summed E-state index contributed by atoms with van der Waals surface area (Å²) in [6.07, 6.45) is 5.14. The Labute approximate surface area is 118 Å². The Hall–Kier alpha value is -1.22. The Kier molecular flexibility index (Phi) is 3.40. The highest BCUT2D eigenvalue weighted by Crippen LogP contribution is 2.31. The highest BCUT2D eigenvalue weighted by atomic mass is 35.5. The van der Waals surface area contributed by atoms with Crippen LogP contribution in [0.3, 0.4) is 0 Å². The average Bonchev–Trinajstić information content (AvgIpc) is 3.06. The van der Waals surface area contributed by atoms with Gasteiger partial charge in [0, 0.05) is 17.9 Å². The molecule has 4 heteroatoms. The molecule has 3 nitrogen and oxygen atoms in total. The van der Waals surface area contributed by atoms with Crippen molar-refractivity contribution in [1.82, 2.24) is 5.32 Å². The quantitative estimate of drug-likeness (QED) is 0.864. The van der Waals surface area contributed by atoms with E-state index in [9.17, 15) is 4.79 Å². The molecule has 1 saturated carbocycles. The lowest BCUT2D eigenvalue weighted by molar-refractivity contribution is 0.0909. The van der Waals surface area contributed by atoms with Crippen LogP contribution >= 0.6 is 11.6 Å². The fourth-order valence-corrected chi connectivity index (χ4v) is 3.32. The van der Waals surface area contributed by atoms with Crippen molar-refractivity contribution in [1.29, 1.82) is 0 Å². The highest BCUT2D eigenvalue weighted by Gasteiger charge is 2.34. The number of halogens is 1. The smallest absolute Gasteiger partial charge is 0.251 e. The largest absolute Gasteiger partial charge is 0.493 e. The lowest BCUT2D eigenvalue weighted by Gasteiger charge is -2.27. The third-order valence-electron chi connectivity index (χ3n) is 4.15. The summed E-state index contributed by atoms with van der Waals surface area (Å²) in [6, 6.07) is 5.66. The minimum absolute atomic E-state index is 0.0164. The molecule has 0 aromatic heterocycles. The third kappa shape index (κ3) is 2.44. The molecule has 0 unspecified atom stereocenters. The van der Waals surface area contributed by atoms with Crippen molar-refractivity contribution in [2.75, 3.05) is 12.5 Å². The van der Waals surface area contributed by atoms with E-state index in [0.717, 1.165) is 43.4 Å². The van der Waals surface area contributed by atoms with Crippen molar-refractivity contribution in [3.8, 4) is 5.75 Å². The van der Waals surface area contributed by atoms with Gasteiger partial charge in [0.15, 0.2) is 0 Å². The van der Waals surface area contributed by atoms with Gasteiger partial charge in [-0.05, 0) is 36.6 Å². The molecule has 2 aliphatic rings. The fraction of sp³-hybridized carbons (Fsp3) is 0.533. The second kappa shape index (κ2) is 5.04. The zero-order valence-electron chi connectivity index (χ0n) is 10.9.